The van der Waals surface area contributed by atoms with Crippen LogP contribution in [0.1, 0.15) is 172 Å². The minimum Gasteiger partial charge on any atom is -0.462 e. The van der Waals surface area contributed by atoms with E-state index in [9.17, 15) is 38.4 Å². The molecule has 4 aromatic rings. The highest BCUT2D eigenvalue weighted by Crippen LogP contribution is 2.63. The van der Waals surface area contributed by atoms with E-state index in [0.29, 0.717) is 40.6 Å². The standard InChI is InChI=1S/C62H70N2O14/c1-36(2)54(67)76-39(6)23-25-73-58(71)48-21-17-45(28-50(48)52(65)63-10)60(8,9)46-18-22-49(59(72)74-26-24-40(7)77-55(68)37(3)4)51(29-46)53(66)64-47-19-15-44(16-20-47)57(70)78-62-32-41-27-42(33-62)31-61(30-41,34-62)35-75-56(69)43-13-11-38(5)12-14-43/h11-22,28-29,39-42H,1,3,23-27,30-35H2,2,4-10H3,(H,63,65)(H,64,66). The molecular formula is C62H70N2O14. The lowest BCUT2D eigenvalue weighted by atomic mass is 9.48. The molecule has 2 N–H and O–H groups in total. The molecule has 2 amide bonds. The van der Waals surface area contributed by atoms with Crippen LogP contribution < -0.4 is 10.6 Å². The SMILES string of the molecule is C=C(C)C(=O)OC(C)CCOC(=O)c1ccc(C(C)(C)c2ccc(C(=O)OCCC(C)OC(=O)C(=C)C)c(C(=O)Nc3ccc(C(=O)OC45CC6CC(CC(COC(=O)c7ccc(C)cc7)(C6)C4)C5)cc3)c2)cc1C(=O)NC. The lowest BCUT2D eigenvalue weighted by Gasteiger charge is -2.60. The molecule has 16 heteroatoms. The van der Waals surface area contributed by atoms with Crippen LogP contribution in [0, 0.1) is 24.2 Å². The monoisotopic (exact) mass is 1070 g/mol. The first kappa shape index (κ1) is 57.8. The zero-order valence-corrected chi connectivity index (χ0v) is 45.8. The molecule has 4 aliphatic rings. The van der Waals surface area contributed by atoms with Crippen molar-refractivity contribution in [2.24, 2.45) is 17.3 Å². The van der Waals surface area contributed by atoms with Crippen LogP contribution in [-0.2, 0) is 43.4 Å². The summed E-state index contributed by atoms with van der Waals surface area (Å²) in [6.07, 6.45) is 4.17. The predicted molar refractivity (Wildman–Crippen MR) is 290 cm³/mol. The smallest absolute Gasteiger partial charge is 0.338 e. The molecule has 4 atom stereocenters. The van der Waals surface area contributed by atoms with E-state index >= 15 is 0 Å². The van der Waals surface area contributed by atoms with Gasteiger partial charge in [-0.05, 0) is 157 Å². The van der Waals surface area contributed by atoms with Crippen LogP contribution in [0.25, 0.3) is 0 Å². The van der Waals surface area contributed by atoms with Crippen molar-refractivity contribution < 1.29 is 66.8 Å². The van der Waals surface area contributed by atoms with E-state index in [-0.39, 0.29) is 83.0 Å². The Morgan fingerprint density at radius 2 is 1.09 bits per heavy atom. The zero-order chi connectivity index (χ0) is 56.7. The fourth-order valence-electron chi connectivity index (χ4n) is 11.2. The van der Waals surface area contributed by atoms with Crippen molar-refractivity contribution in [1.82, 2.24) is 5.32 Å². The summed E-state index contributed by atoms with van der Waals surface area (Å²) in [7, 11) is 1.43. The van der Waals surface area contributed by atoms with Gasteiger partial charge in [0.15, 0.2) is 0 Å². The van der Waals surface area contributed by atoms with E-state index in [0.717, 1.165) is 37.7 Å². The van der Waals surface area contributed by atoms with E-state index in [1.54, 1.807) is 74.5 Å². The molecule has 412 valence electrons. The second kappa shape index (κ2) is 24.2. The molecule has 0 heterocycles. The molecule has 4 saturated carbocycles. The lowest BCUT2D eigenvalue weighted by Crippen LogP contribution is -2.58. The van der Waals surface area contributed by atoms with Gasteiger partial charge in [-0.3, -0.25) is 9.59 Å². The number of ether oxygens (including phenoxy) is 6. The van der Waals surface area contributed by atoms with E-state index in [2.05, 4.69) is 23.8 Å². The topological polar surface area (TPSA) is 216 Å². The van der Waals surface area contributed by atoms with Crippen molar-refractivity contribution >= 4 is 53.3 Å². The summed E-state index contributed by atoms with van der Waals surface area (Å²) in [5.41, 5.74) is 1.71. The quantitative estimate of drug-likeness (QED) is 0.0425. The van der Waals surface area contributed by atoms with Gasteiger partial charge >= 0.3 is 35.8 Å². The number of nitrogens with one attached hydrogen (secondary N) is 2. The molecule has 0 aliphatic heterocycles. The molecular weight excluding hydrogens is 997 g/mol. The minimum atomic E-state index is -0.960. The Labute approximate surface area is 455 Å². The van der Waals surface area contributed by atoms with Crippen LogP contribution in [-0.4, -0.2) is 92.3 Å². The average Bonchev–Trinajstić information content (AvgIpc) is 3.45. The zero-order valence-electron chi connectivity index (χ0n) is 45.8. The highest BCUT2D eigenvalue weighted by Gasteiger charge is 2.60. The number of carbonyl (C=O) groups excluding carboxylic acids is 8. The normalized spacial score (nSPS) is 19.7. The molecule has 4 aromatic carbocycles. The first-order valence-electron chi connectivity index (χ1n) is 26.4. The van der Waals surface area contributed by atoms with Crippen LogP contribution in [0.3, 0.4) is 0 Å². The first-order chi connectivity index (χ1) is 36.9. The summed E-state index contributed by atoms with van der Waals surface area (Å²) in [5, 5.41) is 5.44. The van der Waals surface area contributed by atoms with Gasteiger partial charge in [0.05, 0.1) is 53.2 Å². The van der Waals surface area contributed by atoms with Crippen LogP contribution in [0.4, 0.5) is 5.69 Å². The molecule has 0 spiro atoms. The van der Waals surface area contributed by atoms with Gasteiger partial charge in [0.2, 0.25) is 0 Å². The van der Waals surface area contributed by atoms with E-state index < -0.39 is 64.9 Å². The average molecular weight is 1070 g/mol. The fourth-order valence-corrected chi connectivity index (χ4v) is 11.2. The Bertz CT molecular complexity index is 3000. The maximum absolute atomic E-state index is 14.4. The predicted octanol–water partition coefficient (Wildman–Crippen LogP) is 10.4. The summed E-state index contributed by atoms with van der Waals surface area (Å²) in [5.74, 6) is -4.12. The Balaban J connectivity index is 1.08. The highest BCUT2D eigenvalue weighted by molar-refractivity contribution is 6.11. The summed E-state index contributed by atoms with van der Waals surface area (Å²) in [6.45, 7) is 19.2. The Morgan fingerprint density at radius 3 is 1.58 bits per heavy atom. The molecule has 0 saturated heterocycles. The maximum atomic E-state index is 14.4. The Hall–Kier alpha value is -7.88. The molecule has 0 aromatic heterocycles. The number of hydrogen-bond donors (Lipinski definition) is 2. The van der Waals surface area contributed by atoms with Gasteiger partial charge in [-0.25, -0.2) is 28.8 Å². The third-order valence-electron chi connectivity index (χ3n) is 15.1. The third kappa shape index (κ3) is 13.8. The van der Waals surface area contributed by atoms with Gasteiger partial charge in [0.1, 0.15) is 17.8 Å². The van der Waals surface area contributed by atoms with Crippen molar-refractivity contribution in [3.63, 3.8) is 0 Å². The molecule has 4 unspecified atom stereocenters. The largest absolute Gasteiger partial charge is 0.462 e. The number of rotatable bonds is 22. The van der Waals surface area contributed by atoms with Crippen LogP contribution >= 0.6 is 0 Å². The summed E-state index contributed by atoms with van der Waals surface area (Å²) >= 11 is 0. The van der Waals surface area contributed by atoms with Gasteiger partial charge in [-0.1, -0.05) is 56.8 Å². The molecule has 4 aliphatic carbocycles. The number of benzene rings is 4. The molecule has 16 nitrogen and oxygen atoms in total. The third-order valence-corrected chi connectivity index (χ3v) is 15.1. The van der Waals surface area contributed by atoms with Gasteiger partial charge in [0.25, 0.3) is 11.8 Å². The number of amides is 2. The molecule has 78 heavy (non-hydrogen) atoms. The molecule has 4 fully saturated rings. The molecule has 0 radical (unpaired) electrons. The van der Waals surface area contributed by atoms with E-state index in [1.807, 2.05) is 32.9 Å². The maximum Gasteiger partial charge on any atom is 0.338 e. The Kier molecular flexibility index (Phi) is 17.9. The van der Waals surface area contributed by atoms with E-state index in [4.69, 9.17) is 28.4 Å². The van der Waals surface area contributed by atoms with Crippen molar-refractivity contribution in [2.75, 3.05) is 32.2 Å². The van der Waals surface area contributed by atoms with Gasteiger partial charge in [-0.2, -0.15) is 0 Å². The number of anilines is 1. The first-order valence-corrected chi connectivity index (χ1v) is 26.4. The van der Waals surface area contributed by atoms with Gasteiger partial charge in [0, 0.05) is 47.6 Å². The number of esters is 6. The Morgan fingerprint density at radius 1 is 0.615 bits per heavy atom. The van der Waals surface area contributed by atoms with Crippen LogP contribution in [0.15, 0.2) is 109 Å². The molecule has 8 rings (SSSR count). The van der Waals surface area contributed by atoms with Crippen molar-refractivity contribution in [1.29, 1.82) is 0 Å². The minimum absolute atomic E-state index is 0.00295. The van der Waals surface area contributed by atoms with Crippen LogP contribution in [0.5, 0.6) is 0 Å². The number of carbonyl (C=O) groups is 8. The number of hydrogen-bond acceptors (Lipinski definition) is 14. The summed E-state index contributed by atoms with van der Waals surface area (Å²) < 4.78 is 34.1. The lowest BCUT2D eigenvalue weighted by molar-refractivity contribution is -0.177. The van der Waals surface area contributed by atoms with Crippen molar-refractivity contribution in [3.8, 4) is 0 Å². The highest BCUT2D eigenvalue weighted by atomic mass is 16.6. The van der Waals surface area contributed by atoms with Crippen molar-refractivity contribution in [3.05, 3.63) is 159 Å². The van der Waals surface area contributed by atoms with Gasteiger partial charge in [-0.15, -0.1) is 0 Å². The fraction of sp³-hybridized carbons (Fsp3) is 0.419. The second-order valence-electron chi connectivity index (χ2n) is 22.1. The van der Waals surface area contributed by atoms with Crippen molar-refractivity contribution in [2.45, 2.75) is 123 Å². The van der Waals surface area contributed by atoms with Crippen LogP contribution in [0.2, 0.25) is 0 Å². The summed E-state index contributed by atoms with van der Waals surface area (Å²) in [6, 6.07) is 23.0. The molecule has 4 bridgehead atoms. The summed E-state index contributed by atoms with van der Waals surface area (Å²) in [4.78, 5) is 106. The number of aryl methyl sites for hydroxylation is 1. The van der Waals surface area contributed by atoms with Gasteiger partial charge < -0.3 is 39.1 Å². The second-order valence-corrected chi connectivity index (χ2v) is 22.1. The van der Waals surface area contributed by atoms with E-state index in [1.165, 1.54) is 33.0 Å².